The number of benzene rings is 1. The first kappa shape index (κ1) is 11.7. The maximum absolute atomic E-state index is 13.9. The minimum atomic E-state index is -1.86. The molecule has 17 heavy (non-hydrogen) atoms. The van der Waals surface area contributed by atoms with Crippen molar-refractivity contribution >= 4 is 0 Å². The van der Waals surface area contributed by atoms with E-state index in [9.17, 15) is 13.2 Å². The SMILES string of the molecule is NC1=CC(F)C(N)(c2ccccc2F)C=C1F. The van der Waals surface area contributed by atoms with E-state index in [1.54, 1.807) is 0 Å². The highest BCUT2D eigenvalue weighted by Gasteiger charge is 2.39. The van der Waals surface area contributed by atoms with Crippen LogP contribution in [0.25, 0.3) is 0 Å². The molecule has 0 spiro atoms. The second-order valence-corrected chi connectivity index (χ2v) is 3.93. The van der Waals surface area contributed by atoms with Gasteiger partial charge in [0.1, 0.15) is 23.4 Å². The summed E-state index contributed by atoms with van der Waals surface area (Å²) < 4.78 is 40.8. The van der Waals surface area contributed by atoms with E-state index in [1.165, 1.54) is 18.2 Å². The molecule has 2 unspecified atom stereocenters. The van der Waals surface area contributed by atoms with Crippen LogP contribution in [0.1, 0.15) is 5.56 Å². The molecule has 0 heterocycles. The van der Waals surface area contributed by atoms with Crippen molar-refractivity contribution in [2.75, 3.05) is 0 Å². The maximum Gasteiger partial charge on any atom is 0.146 e. The Morgan fingerprint density at radius 1 is 1.18 bits per heavy atom. The Balaban J connectivity index is 2.55. The Labute approximate surface area is 96.4 Å². The van der Waals surface area contributed by atoms with Gasteiger partial charge in [-0.05, 0) is 18.2 Å². The highest BCUT2D eigenvalue weighted by atomic mass is 19.1. The van der Waals surface area contributed by atoms with Gasteiger partial charge in [0.25, 0.3) is 0 Å². The minimum Gasteiger partial charge on any atom is -0.397 e. The monoisotopic (exact) mass is 240 g/mol. The predicted octanol–water partition coefficient (Wildman–Crippen LogP) is 2.03. The van der Waals surface area contributed by atoms with Gasteiger partial charge in [-0.25, -0.2) is 13.2 Å². The summed E-state index contributed by atoms with van der Waals surface area (Å²) >= 11 is 0. The Morgan fingerprint density at radius 2 is 1.82 bits per heavy atom. The lowest BCUT2D eigenvalue weighted by Gasteiger charge is -2.31. The van der Waals surface area contributed by atoms with Crippen molar-refractivity contribution in [1.82, 2.24) is 0 Å². The Hall–Kier alpha value is -1.75. The fraction of sp³-hybridized carbons (Fsp3) is 0.167. The van der Waals surface area contributed by atoms with Crippen molar-refractivity contribution in [3.05, 3.63) is 59.3 Å². The zero-order valence-electron chi connectivity index (χ0n) is 8.83. The molecular formula is C12H11F3N2. The standard InChI is InChI=1S/C12H11F3N2/c13-8-4-2-1-3-7(8)12(17)6-9(14)10(16)5-11(12)15/h1-6,11H,16-17H2. The number of allylic oxidation sites excluding steroid dienone is 1. The van der Waals surface area contributed by atoms with Crippen LogP contribution in [0.3, 0.4) is 0 Å². The van der Waals surface area contributed by atoms with Crippen molar-refractivity contribution in [3.8, 4) is 0 Å². The van der Waals surface area contributed by atoms with Crippen LogP contribution in [0, 0.1) is 5.82 Å². The molecule has 2 nitrogen and oxygen atoms in total. The summed E-state index contributed by atoms with van der Waals surface area (Å²) in [5, 5.41) is 0. The van der Waals surface area contributed by atoms with E-state index in [0.29, 0.717) is 0 Å². The number of nitrogens with two attached hydrogens (primary N) is 2. The predicted molar refractivity (Wildman–Crippen MR) is 58.6 cm³/mol. The van der Waals surface area contributed by atoms with Crippen molar-refractivity contribution in [1.29, 1.82) is 0 Å². The van der Waals surface area contributed by atoms with Crippen LogP contribution < -0.4 is 11.5 Å². The third-order valence-corrected chi connectivity index (χ3v) is 2.76. The zero-order chi connectivity index (χ0) is 12.6. The number of alkyl halides is 1. The van der Waals surface area contributed by atoms with E-state index >= 15 is 0 Å². The highest BCUT2D eigenvalue weighted by Crippen LogP contribution is 2.35. The van der Waals surface area contributed by atoms with Gasteiger partial charge in [-0.15, -0.1) is 0 Å². The van der Waals surface area contributed by atoms with E-state index in [2.05, 4.69) is 0 Å². The summed E-state index contributed by atoms with van der Waals surface area (Å²) in [6, 6.07) is 5.42. The summed E-state index contributed by atoms with van der Waals surface area (Å²) in [6.45, 7) is 0. The van der Waals surface area contributed by atoms with Gasteiger partial charge in [-0.2, -0.15) is 0 Å². The molecule has 1 aliphatic rings. The summed E-state index contributed by atoms with van der Waals surface area (Å²) in [4.78, 5) is 0. The largest absolute Gasteiger partial charge is 0.397 e. The van der Waals surface area contributed by atoms with Gasteiger partial charge in [-0.3, -0.25) is 0 Å². The molecular weight excluding hydrogens is 229 g/mol. The molecule has 2 rings (SSSR count). The van der Waals surface area contributed by atoms with Crippen LogP contribution in [0.2, 0.25) is 0 Å². The zero-order valence-corrected chi connectivity index (χ0v) is 8.83. The van der Waals surface area contributed by atoms with Gasteiger partial charge in [-0.1, -0.05) is 18.2 Å². The van der Waals surface area contributed by atoms with Gasteiger partial charge >= 0.3 is 0 Å². The van der Waals surface area contributed by atoms with Gasteiger partial charge < -0.3 is 11.5 Å². The molecule has 90 valence electrons. The first-order chi connectivity index (χ1) is 7.95. The average molecular weight is 240 g/mol. The van der Waals surface area contributed by atoms with Crippen molar-refractivity contribution in [3.63, 3.8) is 0 Å². The molecule has 0 radical (unpaired) electrons. The van der Waals surface area contributed by atoms with Crippen LogP contribution in [-0.2, 0) is 5.54 Å². The number of rotatable bonds is 1. The van der Waals surface area contributed by atoms with Gasteiger partial charge in [0.05, 0.1) is 5.70 Å². The molecule has 0 fully saturated rings. The first-order valence-corrected chi connectivity index (χ1v) is 4.99. The molecule has 5 heteroatoms. The Bertz CT molecular complexity index is 510. The maximum atomic E-state index is 13.9. The van der Waals surface area contributed by atoms with Crippen LogP contribution in [-0.4, -0.2) is 6.17 Å². The molecule has 0 saturated heterocycles. The third kappa shape index (κ3) is 1.82. The molecule has 1 aromatic rings. The molecule has 0 bridgehead atoms. The lowest BCUT2D eigenvalue weighted by Crippen LogP contribution is -2.46. The molecule has 0 aliphatic heterocycles. The lowest BCUT2D eigenvalue weighted by molar-refractivity contribution is 0.267. The molecule has 1 aliphatic carbocycles. The van der Waals surface area contributed by atoms with Crippen molar-refractivity contribution in [2.45, 2.75) is 11.7 Å². The van der Waals surface area contributed by atoms with Gasteiger partial charge in [0.2, 0.25) is 0 Å². The molecule has 4 N–H and O–H groups in total. The van der Waals surface area contributed by atoms with Gasteiger partial charge in [0.15, 0.2) is 0 Å². The highest BCUT2D eigenvalue weighted by molar-refractivity contribution is 5.42. The van der Waals surface area contributed by atoms with Crippen molar-refractivity contribution in [2.24, 2.45) is 11.5 Å². The second kappa shape index (κ2) is 3.92. The molecule has 0 aromatic heterocycles. The molecule has 0 saturated carbocycles. The quantitative estimate of drug-likeness (QED) is 0.789. The number of hydrogen-bond acceptors (Lipinski definition) is 2. The smallest absolute Gasteiger partial charge is 0.146 e. The average Bonchev–Trinajstić information content (AvgIpc) is 2.27. The number of hydrogen-bond donors (Lipinski definition) is 2. The fourth-order valence-electron chi connectivity index (χ4n) is 1.79. The van der Waals surface area contributed by atoms with Crippen LogP contribution in [0.15, 0.2) is 47.9 Å². The molecule has 2 atom stereocenters. The number of halogens is 3. The van der Waals surface area contributed by atoms with Crippen LogP contribution >= 0.6 is 0 Å². The fourth-order valence-corrected chi connectivity index (χ4v) is 1.79. The molecule has 0 amide bonds. The summed E-state index contributed by atoms with van der Waals surface area (Å²) in [5.74, 6) is -1.53. The van der Waals surface area contributed by atoms with Gasteiger partial charge in [0, 0.05) is 5.56 Å². The Kier molecular flexibility index (Phi) is 2.71. The molecule has 1 aromatic carbocycles. The van der Waals surface area contributed by atoms with Crippen LogP contribution in [0.5, 0.6) is 0 Å². The third-order valence-electron chi connectivity index (χ3n) is 2.76. The van der Waals surface area contributed by atoms with Crippen LogP contribution in [0.4, 0.5) is 13.2 Å². The first-order valence-electron chi connectivity index (χ1n) is 4.99. The van der Waals surface area contributed by atoms with Crippen molar-refractivity contribution < 1.29 is 13.2 Å². The minimum absolute atomic E-state index is 0.105. The normalized spacial score (nSPS) is 28.6. The van der Waals surface area contributed by atoms with E-state index in [1.807, 2.05) is 0 Å². The second-order valence-electron chi connectivity index (χ2n) is 3.93. The van der Waals surface area contributed by atoms with E-state index < -0.39 is 23.4 Å². The summed E-state index contributed by atoms with van der Waals surface area (Å²) in [7, 11) is 0. The van der Waals surface area contributed by atoms with E-state index in [0.717, 1.165) is 18.2 Å². The Morgan fingerprint density at radius 3 is 2.47 bits per heavy atom. The summed E-state index contributed by atoms with van der Waals surface area (Å²) in [5.41, 5.74) is 8.69. The topological polar surface area (TPSA) is 52.0 Å². The van der Waals surface area contributed by atoms with E-state index in [4.69, 9.17) is 11.5 Å². The summed E-state index contributed by atoms with van der Waals surface area (Å²) in [6.07, 6.45) is -0.119. The lowest BCUT2D eigenvalue weighted by atomic mass is 9.82. The van der Waals surface area contributed by atoms with E-state index in [-0.39, 0.29) is 11.3 Å².